The smallest absolute Gasteiger partial charge is 0.235 e. The molecule has 0 bridgehead atoms. The normalized spacial score (nSPS) is 15.2. The molecule has 120 valence electrons. The van der Waals surface area contributed by atoms with Crippen LogP contribution in [0.2, 0.25) is 5.02 Å². The maximum absolute atomic E-state index is 12.8. The summed E-state index contributed by atoms with van der Waals surface area (Å²) < 4.78 is 0. The molecule has 0 aliphatic heterocycles. The molecule has 1 amide bonds. The van der Waals surface area contributed by atoms with Crippen molar-refractivity contribution in [2.75, 3.05) is 11.9 Å². The van der Waals surface area contributed by atoms with Crippen molar-refractivity contribution in [1.29, 1.82) is 0 Å². The van der Waals surface area contributed by atoms with Gasteiger partial charge in [-0.3, -0.25) is 4.79 Å². The summed E-state index contributed by atoms with van der Waals surface area (Å²) in [5.74, 6) is 0.0559. The van der Waals surface area contributed by atoms with Crippen molar-refractivity contribution in [3.63, 3.8) is 0 Å². The lowest BCUT2D eigenvalue weighted by molar-refractivity contribution is -0.118. The summed E-state index contributed by atoms with van der Waals surface area (Å²) in [6.07, 6.45) is 1.74. The summed E-state index contributed by atoms with van der Waals surface area (Å²) in [7, 11) is 0. The number of hydrogen-bond acceptors (Lipinski definition) is 2. The molecule has 0 heterocycles. The Morgan fingerprint density at radius 1 is 1.17 bits per heavy atom. The van der Waals surface area contributed by atoms with E-state index < -0.39 is 5.41 Å². The third kappa shape index (κ3) is 3.57. The first-order valence-electron chi connectivity index (χ1n) is 8.01. The van der Waals surface area contributed by atoms with E-state index in [9.17, 15) is 4.79 Å². The zero-order chi connectivity index (χ0) is 16.3. The predicted octanol–water partition coefficient (Wildman–Crippen LogP) is 4.12. The van der Waals surface area contributed by atoms with Crippen LogP contribution in [-0.4, -0.2) is 12.5 Å². The number of carbonyl (C=O) groups excluding carboxylic acids is 1. The second kappa shape index (κ2) is 6.73. The van der Waals surface area contributed by atoms with E-state index in [2.05, 4.69) is 23.6 Å². The van der Waals surface area contributed by atoms with Gasteiger partial charge in [0.05, 0.1) is 5.41 Å². The highest BCUT2D eigenvalue weighted by Gasteiger charge is 2.51. The zero-order valence-corrected chi connectivity index (χ0v) is 14.0. The molecule has 3 rings (SSSR count). The van der Waals surface area contributed by atoms with Gasteiger partial charge in [-0.25, -0.2) is 0 Å². The molecule has 0 unspecified atom stereocenters. The first-order valence-corrected chi connectivity index (χ1v) is 8.39. The van der Waals surface area contributed by atoms with Gasteiger partial charge in [-0.1, -0.05) is 42.8 Å². The highest BCUT2D eigenvalue weighted by atomic mass is 35.5. The quantitative estimate of drug-likeness (QED) is 0.837. The largest absolute Gasteiger partial charge is 0.325 e. The van der Waals surface area contributed by atoms with Gasteiger partial charge in [-0.15, -0.1) is 0 Å². The first kappa shape index (κ1) is 16.0. The lowest BCUT2D eigenvalue weighted by atomic mass is 9.95. The van der Waals surface area contributed by atoms with Crippen molar-refractivity contribution in [3.05, 3.63) is 64.7 Å². The van der Waals surface area contributed by atoms with E-state index in [4.69, 9.17) is 11.6 Å². The molecule has 0 aromatic heterocycles. The number of benzene rings is 2. The molecule has 1 fully saturated rings. The number of amides is 1. The second-order valence-electron chi connectivity index (χ2n) is 6.03. The van der Waals surface area contributed by atoms with Crippen molar-refractivity contribution < 1.29 is 4.79 Å². The van der Waals surface area contributed by atoms with Crippen LogP contribution in [0.5, 0.6) is 0 Å². The Labute approximate surface area is 142 Å². The summed E-state index contributed by atoms with van der Waals surface area (Å²) in [5, 5.41) is 7.04. The van der Waals surface area contributed by atoms with E-state index in [1.165, 1.54) is 0 Å². The topological polar surface area (TPSA) is 41.1 Å². The Morgan fingerprint density at radius 2 is 1.96 bits per heavy atom. The highest BCUT2D eigenvalue weighted by molar-refractivity contribution is 6.30. The van der Waals surface area contributed by atoms with Crippen LogP contribution in [-0.2, 0) is 16.8 Å². The number of nitrogens with one attached hydrogen (secondary N) is 2. The molecule has 0 atom stereocenters. The van der Waals surface area contributed by atoms with Gasteiger partial charge in [-0.2, -0.15) is 0 Å². The van der Waals surface area contributed by atoms with Gasteiger partial charge in [-0.05, 0) is 54.8 Å². The predicted molar refractivity (Wildman–Crippen MR) is 94.8 cm³/mol. The van der Waals surface area contributed by atoms with Crippen molar-refractivity contribution in [1.82, 2.24) is 5.32 Å². The lowest BCUT2D eigenvalue weighted by Gasteiger charge is -2.16. The van der Waals surface area contributed by atoms with Crippen LogP contribution in [0.15, 0.2) is 48.5 Å². The van der Waals surface area contributed by atoms with Crippen LogP contribution in [0.1, 0.15) is 30.9 Å². The van der Waals surface area contributed by atoms with Gasteiger partial charge < -0.3 is 10.6 Å². The molecule has 4 heteroatoms. The Hall–Kier alpha value is -1.84. The minimum Gasteiger partial charge on any atom is -0.325 e. The van der Waals surface area contributed by atoms with Gasteiger partial charge in [0, 0.05) is 17.3 Å². The van der Waals surface area contributed by atoms with E-state index in [1.807, 2.05) is 42.5 Å². The molecule has 0 spiro atoms. The molecular formula is C19H21ClN2O. The Bertz CT molecular complexity index is 710. The Kier molecular flexibility index (Phi) is 4.69. The van der Waals surface area contributed by atoms with Crippen molar-refractivity contribution in [2.45, 2.75) is 31.7 Å². The molecule has 23 heavy (non-hydrogen) atoms. The van der Waals surface area contributed by atoms with E-state index in [1.54, 1.807) is 0 Å². The summed E-state index contributed by atoms with van der Waals surface area (Å²) in [6.45, 7) is 3.81. The molecule has 2 aromatic rings. The van der Waals surface area contributed by atoms with Crippen LogP contribution < -0.4 is 10.6 Å². The zero-order valence-electron chi connectivity index (χ0n) is 13.2. The van der Waals surface area contributed by atoms with Gasteiger partial charge in [0.25, 0.3) is 0 Å². The van der Waals surface area contributed by atoms with Gasteiger partial charge in [0.15, 0.2) is 0 Å². The third-order valence-corrected chi connectivity index (χ3v) is 4.56. The van der Waals surface area contributed by atoms with Crippen molar-refractivity contribution in [2.24, 2.45) is 0 Å². The van der Waals surface area contributed by atoms with E-state index in [0.29, 0.717) is 5.02 Å². The molecular weight excluding hydrogens is 308 g/mol. The van der Waals surface area contributed by atoms with Crippen LogP contribution in [0.4, 0.5) is 5.69 Å². The number of halogens is 1. The maximum Gasteiger partial charge on any atom is 0.235 e. The number of anilines is 1. The molecule has 1 aliphatic carbocycles. The highest BCUT2D eigenvalue weighted by Crippen LogP contribution is 2.49. The third-order valence-electron chi connectivity index (χ3n) is 4.33. The fraction of sp³-hybridized carbons (Fsp3) is 0.316. The SMILES string of the molecule is CCNCc1cccc(NC(=O)C2(c3cccc(Cl)c3)CC2)c1. The fourth-order valence-electron chi connectivity index (χ4n) is 2.84. The number of rotatable bonds is 6. The van der Waals surface area contributed by atoms with Crippen molar-refractivity contribution >= 4 is 23.2 Å². The average molecular weight is 329 g/mol. The fourth-order valence-corrected chi connectivity index (χ4v) is 3.03. The lowest BCUT2D eigenvalue weighted by Crippen LogP contribution is -2.27. The van der Waals surface area contributed by atoms with Crippen molar-refractivity contribution in [3.8, 4) is 0 Å². The van der Waals surface area contributed by atoms with Gasteiger partial charge in [0.1, 0.15) is 0 Å². The summed E-state index contributed by atoms with van der Waals surface area (Å²) in [5.41, 5.74) is 2.60. The average Bonchev–Trinajstić information content (AvgIpc) is 3.35. The van der Waals surface area contributed by atoms with Crippen LogP contribution in [0.25, 0.3) is 0 Å². The van der Waals surface area contributed by atoms with Crippen LogP contribution >= 0.6 is 11.6 Å². The molecule has 1 aliphatic rings. The monoisotopic (exact) mass is 328 g/mol. The minimum absolute atomic E-state index is 0.0559. The summed E-state index contributed by atoms with van der Waals surface area (Å²) >= 11 is 6.07. The Balaban J connectivity index is 1.74. The standard InChI is InChI=1S/C19H21ClN2O/c1-2-21-13-14-5-3-8-17(11-14)22-18(23)19(9-10-19)15-6-4-7-16(20)12-15/h3-8,11-12,21H,2,9-10,13H2,1H3,(H,22,23). The van der Waals surface area contributed by atoms with Gasteiger partial charge in [0.2, 0.25) is 5.91 Å². The molecule has 2 N–H and O–H groups in total. The van der Waals surface area contributed by atoms with Gasteiger partial charge >= 0.3 is 0 Å². The summed E-state index contributed by atoms with van der Waals surface area (Å²) in [6, 6.07) is 15.6. The molecule has 0 saturated heterocycles. The molecule has 0 radical (unpaired) electrons. The summed E-state index contributed by atoms with van der Waals surface area (Å²) in [4.78, 5) is 12.8. The van der Waals surface area contributed by atoms with E-state index >= 15 is 0 Å². The molecule has 1 saturated carbocycles. The van der Waals surface area contributed by atoms with E-state index in [0.717, 1.165) is 42.7 Å². The van der Waals surface area contributed by atoms with E-state index in [-0.39, 0.29) is 5.91 Å². The number of hydrogen-bond donors (Lipinski definition) is 2. The first-order chi connectivity index (χ1) is 11.1. The molecule has 3 nitrogen and oxygen atoms in total. The molecule has 2 aromatic carbocycles. The Morgan fingerprint density at radius 3 is 2.65 bits per heavy atom. The van der Waals surface area contributed by atoms with Crippen LogP contribution in [0, 0.1) is 0 Å². The second-order valence-corrected chi connectivity index (χ2v) is 6.46. The van der Waals surface area contributed by atoms with Crippen LogP contribution in [0.3, 0.4) is 0 Å². The number of carbonyl (C=O) groups is 1. The maximum atomic E-state index is 12.8. The minimum atomic E-state index is -0.414.